The van der Waals surface area contributed by atoms with Crippen LogP contribution in [0.5, 0.6) is 0 Å². The van der Waals surface area contributed by atoms with Crippen LogP contribution < -0.4 is 0 Å². The van der Waals surface area contributed by atoms with Crippen molar-refractivity contribution in [2.24, 2.45) is 0 Å². The third kappa shape index (κ3) is 2.28. The Morgan fingerprint density at radius 1 is 1.14 bits per heavy atom. The summed E-state index contributed by atoms with van der Waals surface area (Å²) in [6.45, 7) is 3.50. The van der Waals surface area contributed by atoms with Crippen LogP contribution in [0.25, 0.3) is 16.8 Å². The van der Waals surface area contributed by atoms with Crippen molar-refractivity contribution in [2.45, 2.75) is 19.4 Å². The zero-order chi connectivity index (χ0) is 15.0. The predicted molar refractivity (Wildman–Crippen MR) is 80.6 cm³/mol. The topological polar surface area (TPSA) is 61.3 Å². The van der Waals surface area contributed by atoms with Crippen LogP contribution >= 0.6 is 0 Å². The molecule has 0 aliphatic rings. The van der Waals surface area contributed by atoms with Gasteiger partial charge in [-0.3, -0.25) is 0 Å². The first-order chi connectivity index (χ1) is 10.0. The molecule has 0 aliphatic carbocycles. The van der Waals surface area contributed by atoms with E-state index in [4.69, 9.17) is 5.26 Å². The standard InChI is InChI=1S/C17H15N3O/c1-17(2,21)14-11-19-20-15(4-3-5-16(14)20)13-8-6-12(10-18)7-9-13/h3-9,11,21H,1-2H3. The molecule has 0 atom stereocenters. The van der Waals surface area contributed by atoms with Crippen molar-refractivity contribution < 1.29 is 5.11 Å². The number of hydrogen-bond acceptors (Lipinski definition) is 3. The lowest BCUT2D eigenvalue weighted by atomic mass is 10.00. The molecule has 1 N–H and O–H groups in total. The maximum absolute atomic E-state index is 10.2. The third-order valence-corrected chi connectivity index (χ3v) is 3.51. The molecule has 0 saturated carbocycles. The van der Waals surface area contributed by atoms with Gasteiger partial charge in [0.2, 0.25) is 0 Å². The van der Waals surface area contributed by atoms with Crippen molar-refractivity contribution in [2.75, 3.05) is 0 Å². The number of nitriles is 1. The first-order valence-electron chi connectivity index (χ1n) is 6.71. The summed E-state index contributed by atoms with van der Waals surface area (Å²) in [6.07, 6.45) is 1.70. The molecule has 2 heterocycles. The molecule has 0 bridgehead atoms. The van der Waals surface area contributed by atoms with Crippen molar-refractivity contribution in [1.82, 2.24) is 9.61 Å². The Labute approximate surface area is 122 Å². The minimum atomic E-state index is -0.939. The number of benzene rings is 1. The number of pyridine rings is 1. The molecule has 1 aromatic carbocycles. The Hall–Kier alpha value is -2.64. The van der Waals surface area contributed by atoms with E-state index in [0.29, 0.717) is 5.56 Å². The van der Waals surface area contributed by atoms with E-state index >= 15 is 0 Å². The van der Waals surface area contributed by atoms with E-state index in [1.165, 1.54) is 0 Å². The highest BCUT2D eigenvalue weighted by Gasteiger charge is 2.21. The Bertz CT molecular complexity index is 833. The Morgan fingerprint density at radius 2 is 1.86 bits per heavy atom. The second-order valence-corrected chi connectivity index (χ2v) is 5.51. The molecule has 0 saturated heterocycles. The smallest absolute Gasteiger partial charge is 0.0991 e. The maximum Gasteiger partial charge on any atom is 0.0991 e. The van der Waals surface area contributed by atoms with E-state index in [0.717, 1.165) is 22.3 Å². The van der Waals surface area contributed by atoms with E-state index in [1.807, 2.05) is 34.8 Å². The minimum Gasteiger partial charge on any atom is -0.386 e. The number of aromatic nitrogens is 2. The number of rotatable bonds is 2. The van der Waals surface area contributed by atoms with E-state index in [-0.39, 0.29) is 0 Å². The lowest BCUT2D eigenvalue weighted by Crippen LogP contribution is -2.14. The molecule has 3 rings (SSSR count). The van der Waals surface area contributed by atoms with E-state index < -0.39 is 5.60 Å². The van der Waals surface area contributed by atoms with Gasteiger partial charge in [-0.05, 0) is 38.1 Å². The number of nitrogens with zero attached hydrogens (tertiary/aromatic N) is 3. The van der Waals surface area contributed by atoms with Gasteiger partial charge in [0.05, 0.1) is 34.6 Å². The summed E-state index contributed by atoms with van der Waals surface area (Å²) in [6, 6.07) is 15.3. The number of fused-ring (bicyclic) bond motifs is 1. The zero-order valence-corrected chi connectivity index (χ0v) is 11.9. The molecular formula is C17H15N3O. The van der Waals surface area contributed by atoms with E-state index in [9.17, 15) is 5.11 Å². The predicted octanol–water partition coefficient (Wildman–Crippen LogP) is 3.10. The quantitative estimate of drug-likeness (QED) is 0.783. The molecule has 4 heteroatoms. The van der Waals surface area contributed by atoms with Gasteiger partial charge < -0.3 is 5.11 Å². The summed E-state index contributed by atoms with van der Waals surface area (Å²) in [5, 5.41) is 23.5. The SMILES string of the molecule is CC(C)(O)c1cnn2c(-c3ccc(C#N)cc3)cccc12. The van der Waals surface area contributed by atoms with Gasteiger partial charge in [-0.2, -0.15) is 10.4 Å². The first-order valence-corrected chi connectivity index (χ1v) is 6.71. The van der Waals surface area contributed by atoms with Gasteiger partial charge in [-0.25, -0.2) is 4.52 Å². The molecule has 21 heavy (non-hydrogen) atoms. The largest absolute Gasteiger partial charge is 0.386 e. The lowest BCUT2D eigenvalue weighted by molar-refractivity contribution is 0.0801. The summed E-state index contributed by atoms with van der Waals surface area (Å²) in [5.74, 6) is 0. The molecule has 4 nitrogen and oxygen atoms in total. The molecule has 0 aliphatic heterocycles. The molecule has 3 aromatic rings. The van der Waals surface area contributed by atoms with Crippen LogP contribution in [0, 0.1) is 11.3 Å². The average Bonchev–Trinajstić information content (AvgIpc) is 2.91. The van der Waals surface area contributed by atoms with Gasteiger partial charge >= 0.3 is 0 Å². The minimum absolute atomic E-state index is 0.628. The highest BCUT2D eigenvalue weighted by Crippen LogP contribution is 2.28. The summed E-state index contributed by atoms with van der Waals surface area (Å²) >= 11 is 0. The number of aliphatic hydroxyl groups is 1. The summed E-state index contributed by atoms with van der Waals surface area (Å²) in [4.78, 5) is 0. The maximum atomic E-state index is 10.2. The Balaban J connectivity index is 2.20. The van der Waals surface area contributed by atoms with Crippen molar-refractivity contribution in [3.63, 3.8) is 0 Å². The van der Waals surface area contributed by atoms with Crippen molar-refractivity contribution in [3.05, 3.63) is 59.8 Å². The molecule has 0 unspecified atom stereocenters. The number of hydrogen-bond donors (Lipinski definition) is 1. The van der Waals surface area contributed by atoms with Gasteiger partial charge in [0.15, 0.2) is 0 Å². The lowest BCUT2D eigenvalue weighted by Gasteiger charge is -2.15. The fraction of sp³-hybridized carbons (Fsp3) is 0.176. The summed E-state index contributed by atoms with van der Waals surface area (Å²) in [5.41, 5.74) is 3.26. The van der Waals surface area contributed by atoms with Crippen LogP contribution in [-0.2, 0) is 5.60 Å². The highest BCUT2D eigenvalue weighted by molar-refractivity contribution is 5.67. The molecule has 0 radical (unpaired) electrons. The van der Waals surface area contributed by atoms with Crippen molar-refractivity contribution >= 4 is 5.52 Å². The van der Waals surface area contributed by atoms with Crippen LogP contribution in [-0.4, -0.2) is 14.7 Å². The monoisotopic (exact) mass is 277 g/mol. The first kappa shape index (κ1) is 13.3. The van der Waals surface area contributed by atoms with Crippen LogP contribution in [0.3, 0.4) is 0 Å². The Morgan fingerprint density at radius 3 is 2.48 bits per heavy atom. The summed E-state index contributed by atoms with van der Waals surface area (Å²) < 4.78 is 1.81. The van der Waals surface area contributed by atoms with Crippen molar-refractivity contribution in [1.29, 1.82) is 5.26 Å². The van der Waals surface area contributed by atoms with Crippen molar-refractivity contribution in [3.8, 4) is 17.3 Å². The highest BCUT2D eigenvalue weighted by atomic mass is 16.3. The second-order valence-electron chi connectivity index (χ2n) is 5.51. The van der Waals surface area contributed by atoms with Gasteiger partial charge in [0.25, 0.3) is 0 Å². The van der Waals surface area contributed by atoms with E-state index in [1.54, 1.807) is 32.2 Å². The van der Waals surface area contributed by atoms with Crippen LogP contribution in [0.1, 0.15) is 25.0 Å². The normalized spacial score (nSPS) is 11.5. The molecule has 2 aromatic heterocycles. The Kier molecular flexibility index (Phi) is 3.00. The third-order valence-electron chi connectivity index (χ3n) is 3.51. The van der Waals surface area contributed by atoms with Crippen LogP contribution in [0.2, 0.25) is 0 Å². The molecule has 0 spiro atoms. The zero-order valence-electron chi connectivity index (χ0n) is 11.9. The van der Waals surface area contributed by atoms with Crippen LogP contribution in [0.15, 0.2) is 48.7 Å². The molecule has 0 fully saturated rings. The van der Waals surface area contributed by atoms with Gasteiger partial charge in [-0.15, -0.1) is 0 Å². The van der Waals surface area contributed by atoms with Gasteiger partial charge in [-0.1, -0.05) is 18.2 Å². The molecular weight excluding hydrogens is 262 g/mol. The molecule has 0 amide bonds. The fourth-order valence-corrected chi connectivity index (χ4v) is 2.42. The van der Waals surface area contributed by atoms with Gasteiger partial charge in [0.1, 0.15) is 0 Å². The average molecular weight is 277 g/mol. The summed E-state index contributed by atoms with van der Waals surface area (Å²) in [7, 11) is 0. The fourth-order valence-electron chi connectivity index (χ4n) is 2.42. The molecule has 104 valence electrons. The second kappa shape index (κ2) is 4.72. The van der Waals surface area contributed by atoms with Gasteiger partial charge in [0, 0.05) is 11.1 Å². The van der Waals surface area contributed by atoms with E-state index in [2.05, 4.69) is 11.2 Å². The van der Waals surface area contributed by atoms with Crippen LogP contribution in [0.4, 0.5) is 0 Å².